The van der Waals surface area contributed by atoms with Gasteiger partial charge in [-0.15, -0.1) is 8.19 Å². The molecule has 1 heterocycles. The molecule has 1 aromatic heterocycles. The fourth-order valence-corrected chi connectivity index (χ4v) is 6.34. The summed E-state index contributed by atoms with van der Waals surface area (Å²) in [5, 5.41) is 5.83. The molecule has 6 rings (SSSR count). The Hall–Kier alpha value is -2.82. The van der Waals surface area contributed by atoms with Crippen LogP contribution >= 0.6 is 8.19 Å². The van der Waals surface area contributed by atoms with Gasteiger partial charge in [-0.1, -0.05) is 80.6 Å². The van der Waals surface area contributed by atoms with Gasteiger partial charge in [0.25, 0.3) is 0 Å². The molecule has 1 heteroatoms. The summed E-state index contributed by atoms with van der Waals surface area (Å²) in [6, 6.07) is 31.6. The van der Waals surface area contributed by atoms with Gasteiger partial charge in [0.2, 0.25) is 0 Å². The van der Waals surface area contributed by atoms with Crippen molar-refractivity contribution in [2.24, 2.45) is 0 Å². The van der Waals surface area contributed by atoms with Crippen LogP contribution in [-0.2, 0) is 5.41 Å². The van der Waals surface area contributed by atoms with E-state index in [1.807, 2.05) is 0 Å². The first kappa shape index (κ1) is 16.2. The Bertz CT molecular complexity index is 1370. The zero-order valence-corrected chi connectivity index (χ0v) is 17.1. The van der Waals surface area contributed by atoms with E-state index in [1.165, 1.54) is 54.4 Å². The lowest BCUT2D eigenvalue weighted by atomic mass is 9.82. The fourth-order valence-electron chi connectivity index (χ4n) is 4.91. The van der Waals surface area contributed by atoms with E-state index in [0.29, 0.717) is 0 Å². The van der Waals surface area contributed by atoms with Crippen molar-refractivity contribution in [3.63, 3.8) is 0 Å². The molecule has 4 aromatic carbocycles. The maximum absolute atomic E-state index is 2.48. The molecule has 0 amide bonds. The molecular weight excluding hydrogens is 355 g/mol. The minimum atomic E-state index is 0.0663. The molecule has 0 N–H and O–H groups in total. The maximum atomic E-state index is 2.48. The van der Waals surface area contributed by atoms with Gasteiger partial charge in [-0.05, 0) is 62.4 Å². The van der Waals surface area contributed by atoms with E-state index in [0.717, 1.165) is 8.19 Å². The smallest absolute Gasteiger partial charge is 0.0159 e. The molecule has 0 bridgehead atoms. The molecule has 1 aliphatic carbocycles. The van der Waals surface area contributed by atoms with Gasteiger partial charge in [0, 0.05) is 15.7 Å². The highest BCUT2D eigenvalue weighted by Crippen LogP contribution is 2.52. The van der Waals surface area contributed by atoms with Crippen LogP contribution in [0.15, 0.2) is 84.9 Å². The minimum absolute atomic E-state index is 0.0663. The normalized spacial score (nSPS) is 14.6. The zero-order chi connectivity index (χ0) is 18.9. The highest BCUT2D eigenvalue weighted by molar-refractivity contribution is 7.44. The molecule has 0 nitrogen and oxygen atoms in total. The van der Waals surface area contributed by atoms with Crippen LogP contribution in [0.25, 0.3) is 43.3 Å². The van der Waals surface area contributed by atoms with Crippen molar-refractivity contribution in [3.8, 4) is 22.3 Å². The molecule has 0 saturated carbocycles. The predicted molar refractivity (Wildman–Crippen MR) is 124 cm³/mol. The number of fused-ring (bicyclic) bond motifs is 6. The summed E-state index contributed by atoms with van der Waals surface area (Å²) in [7, 11) is 0.735. The van der Waals surface area contributed by atoms with E-state index >= 15 is 0 Å². The van der Waals surface area contributed by atoms with Crippen molar-refractivity contribution >= 4 is 29.2 Å². The van der Waals surface area contributed by atoms with Crippen molar-refractivity contribution in [2.45, 2.75) is 19.3 Å². The molecule has 1 unspecified atom stereocenters. The van der Waals surface area contributed by atoms with E-state index in [1.54, 1.807) is 0 Å². The Morgan fingerprint density at radius 2 is 1.32 bits per heavy atom. The molecule has 28 heavy (non-hydrogen) atoms. The van der Waals surface area contributed by atoms with Gasteiger partial charge in [0.1, 0.15) is 0 Å². The van der Waals surface area contributed by atoms with Crippen molar-refractivity contribution in [2.75, 3.05) is 0 Å². The fraction of sp³-hybridized carbons (Fsp3) is 0.111. The molecular formula is C27H21P. The van der Waals surface area contributed by atoms with Gasteiger partial charge < -0.3 is 0 Å². The lowest BCUT2D eigenvalue weighted by molar-refractivity contribution is 0.661. The van der Waals surface area contributed by atoms with Crippen molar-refractivity contribution < 1.29 is 0 Å². The molecule has 0 saturated heterocycles. The summed E-state index contributed by atoms with van der Waals surface area (Å²) < 4.78 is 0. The number of hydrogen-bond donors (Lipinski definition) is 0. The summed E-state index contributed by atoms with van der Waals surface area (Å²) in [5.41, 5.74) is 8.45. The summed E-state index contributed by atoms with van der Waals surface area (Å²) in [4.78, 5) is 0. The van der Waals surface area contributed by atoms with Crippen LogP contribution in [0, 0.1) is 0 Å². The van der Waals surface area contributed by atoms with Crippen molar-refractivity contribution in [3.05, 3.63) is 96.1 Å². The average molecular weight is 376 g/mol. The third-order valence-corrected chi connectivity index (χ3v) is 7.77. The van der Waals surface area contributed by atoms with Gasteiger partial charge in [0.05, 0.1) is 0 Å². The first-order valence-electron chi connectivity index (χ1n) is 9.88. The van der Waals surface area contributed by atoms with E-state index < -0.39 is 0 Å². The maximum Gasteiger partial charge on any atom is 0.0159 e. The highest BCUT2D eigenvalue weighted by Gasteiger charge is 2.35. The largest absolute Gasteiger partial charge is 0.123 e. The van der Waals surface area contributed by atoms with Crippen molar-refractivity contribution in [1.82, 2.24) is 0 Å². The molecule has 0 radical (unpaired) electrons. The molecule has 1 atom stereocenters. The molecule has 0 aliphatic heterocycles. The summed E-state index contributed by atoms with van der Waals surface area (Å²) in [5.74, 6) is 0. The molecule has 0 spiro atoms. The van der Waals surface area contributed by atoms with Crippen LogP contribution in [0.1, 0.15) is 25.0 Å². The quantitative estimate of drug-likeness (QED) is 0.278. The van der Waals surface area contributed by atoms with Gasteiger partial charge >= 0.3 is 0 Å². The average Bonchev–Trinajstić information content (AvgIpc) is 3.20. The Kier molecular flexibility index (Phi) is 3.23. The highest BCUT2D eigenvalue weighted by atomic mass is 31.0. The first-order chi connectivity index (χ1) is 13.6. The van der Waals surface area contributed by atoms with Gasteiger partial charge in [-0.3, -0.25) is 0 Å². The van der Waals surface area contributed by atoms with Crippen LogP contribution in [0.5, 0.6) is 0 Å². The van der Waals surface area contributed by atoms with Gasteiger partial charge in [0.15, 0.2) is 0 Å². The Labute approximate surface area is 166 Å². The third kappa shape index (κ3) is 2.13. The Morgan fingerprint density at radius 1 is 0.571 bits per heavy atom. The standard InChI is InChI=1S/C27H21P/c1-27(2)23-11-7-6-10-19(23)21-16-26-22(15-24(21)27)20-13-12-18(14-25(20)28-26)17-8-4-3-5-9-17/h3-16,28H,1-2H3. The lowest BCUT2D eigenvalue weighted by Gasteiger charge is -2.21. The summed E-state index contributed by atoms with van der Waals surface area (Å²) in [6.45, 7) is 4.72. The molecule has 134 valence electrons. The second-order valence-electron chi connectivity index (χ2n) is 8.37. The minimum Gasteiger partial charge on any atom is -0.123 e. The van der Waals surface area contributed by atoms with Crippen LogP contribution < -0.4 is 0 Å². The predicted octanol–water partition coefficient (Wildman–Crippen LogP) is 8.00. The van der Waals surface area contributed by atoms with Crippen LogP contribution in [0.3, 0.4) is 0 Å². The third-order valence-electron chi connectivity index (χ3n) is 6.41. The number of benzene rings is 4. The van der Waals surface area contributed by atoms with Crippen LogP contribution in [-0.4, -0.2) is 0 Å². The van der Waals surface area contributed by atoms with Crippen molar-refractivity contribution in [1.29, 1.82) is 0 Å². The number of hydrogen-bond acceptors (Lipinski definition) is 0. The summed E-state index contributed by atoms with van der Waals surface area (Å²) >= 11 is 0. The van der Waals surface area contributed by atoms with E-state index in [4.69, 9.17) is 0 Å². The second kappa shape index (κ2) is 5.60. The van der Waals surface area contributed by atoms with Gasteiger partial charge in [-0.2, -0.15) is 0 Å². The number of rotatable bonds is 1. The monoisotopic (exact) mass is 376 g/mol. The van der Waals surface area contributed by atoms with E-state index in [-0.39, 0.29) is 5.41 Å². The summed E-state index contributed by atoms with van der Waals surface area (Å²) in [6.07, 6.45) is 0. The van der Waals surface area contributed by atoms with Crippen LogP contribution in [0.2, 0.25) is 0 Å². The molecule has 0 fully saturated rings. The van der Waals surface area contributed by atoms with E-state index in [2.05, 4.69) is 98.8 Å². The zero-order valence-electron chi connectivity index (χ0n) is 16.1. The van der Waals surface area contributed by atoms with Crippen LogP contribution in [0.4, 0.5) is 0 Å². The molecule has 1 aliphatic rings. The lowest BCUT2D eigenvalue weighted by Crippen LogP contribution is -2.14. The second-order valence-corrected chi connectivity index (χ2v) is 9.69. The Morgan fingerprint density at radius 3 is 2.18 bits per heavy atom. The SMILES string of the molecule is CC1(C)c2ccccc2-c2cc3[pH]c4cc(-c5ccccc5)ccc4c3cc21. The molecule has 5 aromatic rings. The Balaban J connectivity index is 1.61. The van der Waals surface area contributed by atoms with E-state index in [9.17, 15) is 0 Å². The topological polar surface area (TPSA) is 0 Å². The first-order valence-corrected chi connectivity index (χ1v) is 10.9. The van der Waals surface area contributed by atoms with Gasteiger partial charge in [-0.25, -0.2) is 0 Å².